The molecule has 0 aliphatic carbocycles. The minimum atomic E-state index is 0. The van der Waals surface area contributed by atoms with Gasteiger partial charge in [0, 0.05) is 24.0 Å². The van der Waals surface area contributed by atoms with E-state index >= 15 is 0 Å². The Morgan fingerprint density at radius 2 is 2.14 bits per heavy atom. The van der Waals surface area contributed by atoms with Crippen LogP contribution < -0.4 is 5.32 Å². The molecular formula is C16H17ClN4O. The second-order valence-corrected chi connectivity index (χ2v) is 5.39. The summed E-state index contributed by atoms with van der Waals surface area (Å²) in [5, 5.41) is 9.72. The molecule has 0 saturated carbocycles. The molecule has 0 spiro atoms. The van der Waals surface area contributed by atoms with Crippen molar-refractivity contribution in [2.45, 2.75) is 25.3 Å². The fourth-order valence-corrected chi connectivity index (χ4v) is 2.87. The molecule has 1 N–H and O–H groups in total. The zero-order valence-corrected chi connectivity index (χ0v) is 12.8. The average Bonchev–Trinajstić information content (AvgIpc) is 3.19. The molecule has 0 bridgehead atoms. The lowest BCUT2D eigenvalue weighted by atomic mass is 10.1. The molecule has 1 aliphatic heterocycles. The maximum Gasteiger partial charge on any atom is 0.228 e. The number of pyridine rings is 1. The second kappa shape index (κ2) is 6.42. The van der Waals surface area contributed by atoms with E-state index in [0.29, 0.717) is 17.8 Å². The number of fused-ring (bicyclic) bond motifs is 1. The molecular weight excluding hydrogens is 300 g/mol. The molecule has 3 aromatic rings. The molecule has 22 heavy (non-hydrogen) atoms. The third-order valence-corrected chi connectivity index (χ3v) is 3.94. The summed E-state index contributed by atoms with van der Waals surface area (Å²) < 4.78 is 5.39. The Hall–Kier alpha value is -1.98. The third-order valence-electron chi connectivity index (χ3n) is 3.94. The predicted octanol–water partition coefficient (Wildman–Crippen LogP) is 3.00. The number of nitrogens with one attached hydrogen (secondary N) is 1. The van der Waals surface area contributed by atoms with Gasteiger partial charge in [0.05, 0.1) is 0 Å². The van der Waals surface area contributed by atoms with E-state index in [9.17, 15) is 0 Å². The molecule has 2 aromatic heterocycles. The van der Waals surface area contributed by atoms with Crippen molar-refractivity contribution in [3.05, 3.63) is 42.4 Å². The fourth-order valence-electron chi connectivity index (χ4n) is 2.87. The zero-order valence-electron chi connectivity index (χ0n) is 12.0. The Morgan fingerprint density at radius 3 is 3.00 bits per heavy atom. The first-order chi connectivity index (χ1) is 10.4. The first-order valence-corrected chi connectivity index (χ1v) is 7.30. The van der Waals surface area contributed by atoms with Gasteiger partial charge in [-0.1, -0.05) is 29.4 Å². The van der Waals surface area contributed by atoms with Crippen LogP contribution in [0.5, 0.6) is 0 Å². The van der Waals surface area contributed by atoms with E-state index in [-0.39, 0.29) is 12.4 Å². The van der Waals surface area contributed by atoms with Gasteiger partial charge < -0.3 is 9.84 Å². The van der Waals surface area contributed by atoms with Crippen molar-refractivity contribution in [2.24, 2.45) is 0 Å². The SMILES string of the molecule is Cl.c1ccc2c(-c3noc(CC4CCCN4)n3)nccc2c1. The number of nitrogens with zero attached hydrogens (tertiary/aromatic N) is 3. The van der Waals surface area contributed by atoms with Crippen LogP contribution in [0.2, 0.25) is 0 Å². The summed E-state index contributed by atoms with van der Waals surface area (Å²) in [5.74, 6) is 1.25. The first-order valence-electron chi connectivity index (χ1n) is 7.30. The van der Waals surface area contributed by atoms with Gasteiger partial charge in [0.25, 0.3) is 0 Å². The van der Waals surface area contributed by atoms with E-state index < -0.39 is 0 Å². The van der Waals surface area contributed by atoms with Gasteiger partial charge in [0.1, 0.15) is 5.69 Å². The molecule has 1 aromatic carbocycles. The maximum atomic E-state index is 5.39. The number of halogens is 1. The van der Waals surface area contributed by atoms with Gasteiger partial charge >= 0.3 is 0 Å². The van der Waals surface area contributed by atoms with Gasteiger partial charge in [-0.25, -0.2) is 0 Å². The number of aromatic nitrogens is 3. The largest absolute Gasteiger partial charge is 0.339 e. The molecule has 1 saturated heterocycles. The van der Waals surface area contributed by atoms with Crippen LogP contribution in [-0.2, 0) is 6.42 Å². The van der Waals surface area contributed by atoms with Crippen LogP contribution >= 0.6 is 12.4 Å². The highest BCUT2D eigenvalue weighted by atomic mass is 35.5. The third kappa shape index (κ3) is 2.82. The first kappa shape index (κ1) is 14.9. The summed E-state index contributed by atoms with van der Waals surface area (Å²) in [5.41, 5.74) is 0.780. The van der Waals surface area contributed by atoms with Crippen molar-refractivity contribution in [1.82, 2.24) is 20.4 Å². The van der Waals surface area contributed by atoms with Crippen molar-refractivity contribution in [3.8, 4) is 11.5 Å². The summed E-state index contributed by atoms with van der Waals surface area (Å²) in [6.07, 6.45) is 4.96. The van der Waals surface area contributed by atoms with E-state index in [0.717, 1.165) is 29.4 Å². The molecule has 4 rings (SSSR count). The van der Waals surface area contributed by atoms with E-state index in [1.54, 1.807) is 6.20 Å². The van der Waals surface area contributed by atoms with Crippen LogP contribution in [0, 0.1) is 0 Å². The van der Waals surface area contributed by atoms with Crippen molar-refractivity contribution in [3.63, 3.8) is 0 Å². The van der Waals surface area contributed by atoms with E-state index in [1.807, 2.05) is 24.3 Å². The smallest absolute Gasteiger partial charge is 0.228 e. The number of hydrogen-bond acceptors (Lipinski definition) is 5. The highest BCUT2D eigenvalue weighted by Crippen LogP contribution is 2.24. The monoisotopic (exact) mass is 316 g/mol. The topological polar surface area (TPSA) is 63.8 Å². The minimum Gasteiger partial charge on any atom is -0.339 e. The van der Waals surface area contributed by atoms with Gasteiger partial charge in [-0.2, -0.15) is 4.98 Å². The molecule has 0 radical (unpaired) electrons. The lowest BCUT2D eigenvalue weighted by Crippen LogP contribution is -2.23. The van der Waals surface area contributed by atoms with Crippen LogP contribution in [0.4, 0.5) is 0 Å². The van der Waals surface area contributed by atoms with E-state index in [1.165, 1.54) is 12.8 Å². The van der Waals surface area contributed by atoms with Gasteiger partial charge in [-0.3, -0.25) is 4.98 Å². The lowest BCUT2D eigenvalue weighted by Gasteiger charge is -2.04. The second-order valence-electron chi connectivity index (χ2n) is 5.39. The Bertz CT molecular complexity index is 762. The minimum absolute atomic E-state index is 0. The van der Waals surface area contributed by atoms with Crippen LogP contribution in [-0.4, -0.2) is 27.7 Å². The Labute approximate surface area is 134 Å². The standard InChI is InChI=1S/C16H16N4O.ClH/c1-2-6-13-11(4-1)7-9-18-15(13)16-19-14(21-20-16)10-12-5-3-8-17-12;/h1-2,4,6-7,9,12,17H,3,5,8,10H2;1H. The highest BCUT2D eigenvalue weighted by Gasteiger charge is 2.19. The number of benzene rings is 1. The Morgan fingerprint density at radius 1 is 1.23 bits per heavy atom. The normalized spacial score (nSPS) is 17.5. The summed E-state index contributed by atoms with van der Waals surface area (Å²) >= 11 is 0. The number of hydrogen-bond donors (Lipinski definition) is 1. The van der Waals surface area contributed by atoms with Crippen LogP contribution in [0.15, 0.2) is 41.1 Å². The van der Waals surface area contributed by atoms with Crippen molar-refractivity contribution < 1.29 is 4.52 Å². The van der Waals surface area contributed by atoms with E-state index in [2.05, 4.69) is 26.5 Å². The highest BCUT2D eigenvalue weighted by molar-refractivity contribution is 5.92. The van der Waals surface area contributed by atoms with Gasteiger partial charge in [0.15, 0.2) is 0 Å². The molecule has 1 aliphatic rings. The molecule has 1 fully saturated rings. The summed E-state index contributed by atoms with van der Waals surface area (Å²) in [4.78, 5) is 8.94. The van der Waals surface area contributed by atoms with Crippen LogP contribution in [0.3, 0.4) is 0 Å². The molecule has 6 heteroatoms. The van der Waals surface area contributed by atoms with Gasteiger partial charge in [-0.05, 0) is 30.8 Å². The summed E-state index contributed by atoms with van der Waals surface area (Å²) in [7, 11) is 0. The Kier molecular flexibility index (Phi) is 4.36. The van der Waals surface area contributed by atoms with Crippen molar-refractivity contribution in [1.29, 1.82) is 0 Å². The van der Waals surface area contributed by atoms with Gasteiger partial charge in [-0.15, -0.1) is 12.4 Å². The molecule has 5 nitrogen and oxygen atoms in total. The predicted molar refractivity (Wildman–Crippen MR) is 87.0 cm³/mol. The number of rotatable bonds is 3. The molecule has 3 heterocycles. The fraction of sp³-hybridized carbons (Fsp3) is 0.312. The molecule has 114 valence electrons. The van der Waals surface area contributed by atoms with Crippen LogP contribution in [0.25, 0.3) is 22.3 Å². The Balaban J connectivity index is 0.00000144. The summed E-state index contributed by atoms with van der Waals surface area (Å²) in [6, 6.07) is 10.5. The zero-order chi connectivity index (χ0) is 14.1. The van der Waals surface area contributed by atoms with Crippen LogP contribution in [0.1, 0.15) is 18.7 Å². The van der Waals surface area contributed by atoms with Crippen molar-refractivity contribution in [2.75, 3.05) is 6.54 Å². The molecule has 0 amide bonds. The van der Waals surface area contributed by atoms with E-state index in [4.69, 9.17) is 4.52 Å². The maximum absolute atomic E-state index is 5.39. The molecule has 1 unspecified atom stereocenters. The van der Waals surface area contributed by atoms with Crippen molar-refractivity contribution >= 4 is 23.2 Å². The average molecular weight is 317 g/mol. The lowest BCUT2D eigenvalue weighted by molar-refractivity contribution is 0.364. The summed E-state index contributed by atoms with van der Waals surface area (Å²) in [6.45, 7) is 1.08. The quantitative estimate of drug-likeness (QED) is 0.804. The van der Waals surface area contributed by atoms with Gasteiger partial charge in [0.2, 0.25) is 11.7 Å². The molecule has 1 atom stereocenters.